The molecule has 226 valence electrons. The molecule has 0 unspecified atom stereocenters. The van der Waals surface area contributed by atoms with Crippen LogP contribution < -0.4 is 15.8 Å². The summed E-state index contributed by atoms with van der Waals surface area (Å²) in [5.74, 6) is 1.07. The lowest BCUT2D eigenvalue weighted by atomic mass is 9.98. The fourth-order valence-corrected chi connectivity index (χ4v) is 5.44. The number of nitrogens with one attached hydrogen (secondary N) is 1. The number of benzene rings is 3. The molecule has 0 bridgehead atoms. The molecule has 3 aromatic carbocycles. The second-order valence-corrected chi connectivity index (χ2v) is 11.5. The van der Waals surface area contributed by atoms with Gasteiger partial charge in [0, 0.05) is 42.9 Å². The lowest BCUT2D eigenvalue weighted by molar-refractivity contribution is -0.137. The Labute approximate surface area is 249 Å². The van der Waals surface area contributed by atoms with Crippen molar-refractivity contribution in [3.63, 3.8) is 0 Å². The molecule has 1 aliphatic rings. The number of anilines is 1. The number of nitrogens with two attached hydrogens (primary N) is 1. The molecule has 43 heavy (non-hydrogen) atoms. The summed E-state index contributed by atoms with van der Waals surface area (Å²) in [5, 5.41) is 7.71. The molecule has 0 fully saturated rings. The maximum absolute atomic E-state index is 13.2. The molecule has 5 rings (SSSR count). The van der Waals surface area contributed by atoms with E-state index in [0.29, 0.717) is 43.3 Å². The molecule has 2 amide bonds. The molecule has 0 atom stereocenters. The number of para-hydroxylation sites is 1. The van der Waals surface area contributed by atoms with Crippen molar-refractivity contribution in [3.05, 3.63) is 94.2 Å². The summed E-state index contributed by atoms with van der Waals surface area (Å²) < 4.78 is 48.0. The highest BCUT2D eigenvalue weighted by Crippen LogP contribution is 2.38. The first-order valence-electron chi connectivity index (χ1n) is 14.3. The zero-order valence-corrected chi connectivity index (χ0v) is 24.8. The Morgan fingerprint density at radius 1 is 1.07 bits per heavy atom. The number of aryl methyl sites for hydroxylation is 2. The zero-order chi connectivity index (χ0) is 30.9. The van der Waals surface area contributed by atoms with Crippen LogP contribution in [0.15, 0.2) is 60.7 Å². The molecule has 7 nitrogen and oxygen atoms in total. The van der Waals surface area contributed by atoms with Gasteiger partial charge in [-0.2, -0.15) is 18.3 Å². The molecule has 0 spiro atoms. The number of carbonyl (C=O) groups excluding carboxylic acids is 1. The van der Waals surface area contributed by atoms with Crippen molar-refractivity contribution in [3.8, 4) is 22.7 Å². The average Bonchev–Trinajstić information content (AvgIpc) is 3.30. The Kier molecular flexibility index (Phi) is 8.50. The molecule has 0 aliphatic carbocycles. The summed E-state index contributed by atoms with van der Waals surface area (Å²) >= 11 is 0. The van der Waals surface area contributed by atoms with E-state index < -0.39 is 17.8 Å². The van der Waals surface area contributed by atoms with Crippen molar-refractivity contribution < 1.29 is 22.7 Å². The summed E-state index contributed by atoms with van der Waals surface area (Å²) in [4.78, 5) is 13.6. The van der Waals surface area contributed by atoms with Gasteiger partial charge in [-0.3, -0.25) is 4.90 Å². The molecular formula is C33H36F3N5O2. The molecule has 1 aliphatic heterocycles. The smallest absolute Gasteiger partial charge is 0.416 e. The van der Waals surface area contributed by atoms with Crippen molar-refractivity contribution >= 4 is 11.7 Å². The molecule has 3 N–H and O–H groups in total. The summed E-state index contributed by atoms with van der Waals surface area (Å²) in [6.07, 6.45) is -3.69. The summed E-state index contributed by atoms with van der Waals surface area (Å²) in [6, 6.07) is 16.7. The van der Waals surface area contributed by atoms with E-state index in [2.05, 4.69) is 24.1 Å². The lowest BCUT2D eigenvalue weighted by Gasteiger charge is -2.27. The van der Waals surface area contributed by atoms with Crippen molar-refractivity contribution in [1.82, 2.24) is 14.7 Å². The molecule has 10 heteroatoms. The lowest BCUT2D eigenvalue weighted by Crippen LogP contribution is -2.30. The Bertz CT molecular complexity index is 1630. The number of primary amides is 1. The molecular weight excluding hydrogens is 555 g/mol. The topological polar surface area (TPSA) is 85.4 Å². The minimum atomic E-state index is -4.37. The monoisotopic (exact) mass is 591 g/mol. The van der Waals surface area contributed by atoms with Crippen molar-refractivity contribution in [2.45, 2.75) is 53.4 Å². The van der Waals surface area contributed by atoms with E-state index in [-0.39, 0.29) is 0 Å². The number of nitrogens with zero attached hydrogens (tertiary/aromatic N) is 3. The number of alkyl halides is 3. The van der Waals surface area contributed by atoms with Gasteiger partial charge in [-0.1, -0.05) is 44.2 Å². The van der Waals surface area contributed by atoms with Crippen LogP contribution in [0.3, 0.4) is 0 Å². The third kappa shape index (κ3) is 6.69. The predicted octanol–water partition coefficient (Wildman–Crippen LogP) is 7.26. The maximum atomic E-state index is 13.2. The number of hydrogen-bond acceptors (Lipinski definition) is 4. The highest BCUT2D eigenvalue weighted by molar-refractivity contribution is 5.88. The fraction of sp³-hybridized carbons (Fsp3) is 0.333. The van der Waals surface area contributed by atoms with Gasteiger partial charge in [0.25, 0.3) is 0 Å². The first-order chi connectivity index (χ1) is 20.4. The number of amides is 2. The number of halogens is 3. The Morgan fingerprint density at radius 2 is 1.81 bits per heavy atom. The quantitative estimate of drug-likeness (QED) is 0.226. The van der Waals surface area contributed by atoms with Crippen LogP contribution in [0.2, 0.25) is 0 Å². The summed E-state index contributed by atoms with van der Waals surface area (Å²) in [6.45, 7) is 10.3. The van der Waals surface area contributed by atoms with Gasteiger partial charge in [-0.15, -0.1) is 0 Å². The molecule has 0 saturated carbocycles. The van der Waals surface area contributed by atoms with Crippen LogP contribution in [0.25, 0.3) is 16.9 Å². The Morgan fingerprint density at radius 3 is 2.47 bits per heavy atom. The van der Waals surface area contributed by atoms with E-state index in [1.807, 2.05) is 41.9 Å². The number of hydrogen-bond donors (Lipinski definition) is 2. The van der Waals surface area contributed by atoms with E-state index in [1.54, 1.807) is 25.1 Å². The molecule has 0 saturated heterocycles. The number of ether oxygens (including phenoxy) is 1. The molecule has 2 heterocycles. The normalized spacial score (nSPS) is 13.7. The molecule has 1 aromatic heterocycles. The first-order valence-corrected chi connectivity index (χ1v) is 14.3. The Balaban J connectivity index is 1.56. The number of rotatable bonds is 8. The standard InChI is InChI=1S/C33H36F3N5O2/c1-20(2)19-43-29-7-5-6-21(3)30(29)41-31(23-9-12-26(13-10-23)38-32(37)42)27-18-40(15-14-28(27)39-41)17-24-8-11-25(16-22(24)4)33(34,35)36/h5-13,16,20H,14-15,17-19H2,1-4H3,(H3,37,38,42). The van der Waals surface area contributed by atoms with Gasteiger partial charge in [0.1, 0.15) is 11.4 Å². The van der Waals surface area contributed by atoms with Crippen LogP contribution in [0, 0.1) is 19.8 Å². The minimum Gasteiger partial charge on any atom is -0.491 e. The third-order valence-corrected chi connectivity index (χ3v) is 7.59. The third-order valence-electron chi connectivity index (χ3n) is 7.59. The van der Waals surface area contributed by atoms with Crippen LogP contribution in [-0.2, 0) is 25.7 Å². The van der Waals surface area contributed by atoms with Crippen molar-refractivity contribution in [1.29, 1.82) is 0 Å². The zero-order valence-electron chi connectivity index (χ0n) is 24.8. The van der Waals surface area contributed by atoms with E-state index >= 15 is 0 Å². The SMILES string of the molecule is Cc1cc(C(F)(F)F)ccc1CN1CCc2nn(-c3c(C)cccc3OCC(C)C)c(-c3ccc(NC(N)=O)cc3)c2C1. The van der Waals surface area contributed by atoms with Gasteiger partial charge < -0.3 is 15.8 Å². The van der Waals surface area contributed by atoms with E-state index in [1.165, 1.54) is 6.07 Å². The van der Waals surface area contributed by atoms with Gasteiger partial charge >= 0.3 is 12.2 Å². The van der Waals surface area contributed by atoms with Crippen molar-refractivity contribution in [2.24, 2.45) is 11.7 Å². The fourth-order valence-electron chi connectivity index (χ4n) is 5.44. The summed E-state index contributed by atoms with van der Waals surface area (Å²) in [7, 11) is 0. The minimum absolute atomic E-state index is 0.339. The number of aromatic nitrogens is 2. The Hall–Kier alpha value is -4.31. The van der Waals surface area contributed by atoms with Gasteiger partial charge in [-0.05, 0) is 66.8 Å². The van der Waals surface area contributed by atoms with Crippen LogP contribution >= 0.6 is 0 Å². The van der Waals surface area contributed by atoms with Crippen LogP contribution in [0.1, 0.15) is 47.4 Å². The number of carbonyl (C=O) groups is 1. The molecule has 4 aromatic rings. The van der Waals surface area contributed by atoms with Gasteiger partial charge in [-0.25, -0.2) is 9.48 Å². The van der Waals surface area contributed by atoms with Gasteiger partial charge in [0.2, 0.25) is 0 Å². The van der Waals surface area contributed by atoms with E-state index in [9.17, 15) is 18.0 Å². The van der Waals surface area contributed by atoms with Crippen molar-refractivity contribution in [2.75, 3.05) is 18.5 Å². The number of fused-ring (bicyclic) bond motifs is 1. The van der Waals surface area contributed by atoms with Crippen LogP contribution in [-0.4, -0.2) is 33.9 Å². The van der Waals surface area contributed by atoms with Crippen LogP contribution in [0.4, 0.5) is 23.7 Å². The number of urea groups is 1. The average molecular weight is 592 g/mol. The first kappa shape index (κ1) is 30.2. The van der Waals surface area contributed by atoms with Gasteiger partial charge in [0.15, 0.2) is 0 Å². The predicted molar refractivity (Wildman–Crippen MR) is 161 cm³/mol. The highest BCUT2D eigenvalue weighted by atomic mass is 19.4. The van der Waals surface area contributed by atoms with E-state index in [0.717, 1.165) is 57.7 Å². The molecule has 0 radical (unpaired) electrons. The second-order valence-electron chi connectivity index (χ2n) is 11.5. The maximum Gasteiger partial charge on any atom is 0.416 e. The largest absolute Gasteiger partial charge is 0.491 e. The highest BCUT2D eigenvalue weighted by Gasteiger charge is 2.31. The van der Waals surface area contributed by atoms with E-state index in [4.69, 9.17) is 15.6 Å². The van der Waals surface area contributed by atoms with Crippen LogP contribution in [0.5, 0.6) is 5.75 Å². The second kappa shape index (κ2) is 12.1. The summed E-state index contributed by atoms with van der Waals surface area (Å²) in [5.41, 5.74) is 12.4. The van der Waals surface area contributed by atoms with Gasteiger partial charge in [0.05, 0.1) is 23.6 Å².